The molecular formula is C11H12BrN7O. The maximum Gasteiger partial charge on any atom is 0.258 e. The predicted octanol–water partition coefficient (Wildman–Crippen LogP) is 0.377. The summed E-state index contributed by atoms with van der Waals surface area (Å²) in [6.07, 6.45) is 3.25. The van der Waals surface area contributed by atoms with Crippen molar-refractivity contribution in [2.45, 2.75) is 13.1 Å². The number of halogens is 1. The zero-order valence-electron chi connectivity index (χ0n) is 10.5. The van der Waals surface area contributed by atoms with Crippen LogP contribution < -0.4 is 11.3 Å². The molecule has 1 amide bonds. The van der Waals surface area contributed by atoms with E-state index in [2.05, 4.69) is 36.5 Å². The van der Waals surface area contributed by atoms with Gasteiger partial charge in [-0.15, -0.1) is 10.2 Å². The number of rotatable bonds is 2. The Balaban J connectivity index is 1.88. The summed E-state index contributed by atoms with van der Waals surface area (Å²) in [6, 6.07) is 1.70. The first-order valence-corrected chi connectivity index (χ1v) is 6.76. The van der Waals surface area contributed by atoms with Crippen molar-refractivity contribution >= 4 is 27.7 Å². The molecule has 0 unspecified atom stereocenters. The molecule has 3 rings (SSSR count). The third kappa shape index (κ3) is 2.25. The van der Waals surface area contributed by atoms with Gasteiger partial charge in [0.1, 0.15) is 6.33 Å². The van der Waals surface area contributed by atoms with Gasteiger partial charge in [-0.3, -0.25) is 4.79 Å². The van der Waals surface area contributed by atoms with Gasteiger partial charge in [-0.05, 0) is 22.0 Å². The number of amides is 1. The molecule has 0 bridgehead atoms. The Bertz CT molecular complexity index is 656. The van der Waals surface area contributed by atoms with Crippen LogP contribution in [0.5, 0.6) is 0 Å². The van der Waals surface area contributed by atoms with Gasteiger partial charge in [0.25, 0.3) is 5.91 Å². The first kappa shape index (κ1) is 13.0. The second-order valence-corrected chi connectivity index (χ2v) is 5.28. The summed E-state index contributed by atoms with van der Waals surface area (Å²) in [7, 11) is 0. The van der Waals surface area contributed by atoms with Crippen molar-refractivity contribution < 1.29 is 4.79 Å². The average Bonchev–Trinajstić information content (AvgIpc) is 2.93. The van der Waals surface area contributed by atoms with Gasteiger partial charge in [0, 0.05) is 23.8 Å². The smallest absolute Gasteiger partial charge is 0.258 e. The van der Waals surface area contributed by atoms with E-state index in [1.54, 1.807) is 23.5 Å². The van der Waals surface area contributed by atoms with Gasteiger partial charge < -0.3 is 14.9 Å². The summed E-state index contributed by atoms with van der Waals surface area (Å²) >= 11 is 3.31. The minimum atomic E-state index is -0.138. The standard InChI is InChI=1S/C11H12BrN7O/c12-7-3-8(10(16-13)14-4-7)11(20)18-1-2-19-6-15-17-9(19)5-18/h3-4,6H,1-2,5,13H2,(H,14,16). The van der Waals surface area contributed by atoms with Crippen molar-refractivity contribution in [3.05, 3.63) is 34.5 Å². The van der Waals surface area contributed by atoms with Gasteiger partial charge in [0.2, 0.25) is 0 Å². The molecule has 0 atom stereocenters. The maximum atomic E-state index is 12.6. The van der Waals surface area contributed by atoms with Gasteiger partial charge in [-0.25, -0.2) is 10.8 Å². The number of nitrogens with two attached hydrogens (primary N) is 1. The summed E-state index contributed by atoms with van der Waals surface area (Å²) in [5, 5.41) is 7.84. The number of nitrogens with one attached hydrogen (secondary N) is 1. The summed E-state index contributed by atoms with van der Waals surface area (Å²) < 4.78 is 2.66. The van der Waals surface area contributed by atoms with Crippen LogP contribution in [0, 0.1) is 0 Å². The number of anilines is 1. The molecule has 0 fully saturated rings. The number of hydrogen-bond donors (Lipinski definition) is 2. The Morgan fingerprint density at radius 2 is 2.30 bits per heavy atom. The normalized spacial score (nSPS) is 14.0. The summed E-state index contributed by atoms with van der Waals surface area (Å²) in [6.45, 7) is 1.71. The molecule has 0 radical (unpaired) electrons. The highest BCUT2D eigenvalue weighted by atomic mass is 79.9. The molecule has 20 heavy (non-hydrogen) atoms. The molecule has 0 spiro atoms. The number of nitrogens with zero attached hydrogens (tertiary/aromatic N) is 5. The van der Waals surface area contributed by atoms with Crippen LogP contribution in [0.3, 0.4) is 0 Å². The molecule has 3 heterocycles. The highest BCUT2D eigenvalue weighted by Gasteiger charge is 2.25. The van der Waals surface area contributed by atoms with Crippen LogP contribution in [-0.2, 0) is 13.1 Å². The zero-order chi connectivity index (χ0) is 14.1. The number of hydrogen-bond acceptors (Lipinski definition) is 6. The Morgan fingerprint density at radius 1 is 1.45 bits per heavy atom. The molecule has 0 aromatic carbocycles. The highest BCUT2D eigenvalue weighted by Crippen LogP contribution is 2.21. The monoisotopic (exact) mass is 337 g/mol. The van der Waals surface area contributed by atoms with Crippen molar-refractivity contribution in [2.24, 2.45) is 5.84 Å². The zero-order valence-corrected chi connectivity index (χ0v) is 12.0. The molecule has 8 nitrogen and oxygen atoms in total. The number of fused-ring (bicyclic) bond motifs is 1. The quantitative estimate of drug-likeness (QED) is 0.606. The second-order valence-electron chi connectivity index (χ2n) is 4.36. The fourth-order valence-electron chi connectivity index (χ4n) is 2.13. The number of carbonyl (C=O) groups is 1. The van der Waals surface area contributed by atoms with Crippen molar-refractivity contribution in [1.29, 1.82) is 0 Å². The van der Waals surface area contributed by atoms with Crippen LogP contribution in [-0.4, -0.2) is 37.1 Å². The molecule has 9 heteroatoms. The van der Waals surface area contributed by atoms with E-state index in [9.17, 15) is 4.79 Å². The van der Waals surface area contributed by atoms with E-state index in [0.29, 0.717) is 31.0 Å². The highest BCUT2D eigenvalue weighted by molar-refractivity contribution is 9.10. The molecule has 2 aromatic heterocycles. The van der Waals surface area contributed by atoms with Crippen LogP contribution in [0.25, 0.3) is 0 Å². The Labute approximate surface area is 123 Å². The van der Waals surface area contributed by atoms with E-state index in [1.807, 2.05) is 4.57 Å². The van der Waals surface area contributed by atoms with Crippen molar-refractivity contribution in [1.82, 2.24) is 24.6 Å². The Kier molecular flexibility index (Phi) is 3.36. The first-order chi connectivity index (χ1) is 9.69. The maximum absolute atomic E-state index is 12.6. The van der Waals surface area contributed by atoms with E-state index in [1.165, 1.54) is 0 Å². The Hall–Kier alpha value is -2.00. The summed E-state index contributed by atoms with van der Waals surface area (Å²) in [5.74, 6) is 6.39. The van der Waals surface area contributed by atoms with Gasteiger partial charge >= 0.3 is 0 Å². The third-order valence-corrected chi connectivity index (χ3v) is 3.58. The first-order valence-electron chi connectivity index (χ1n) is 5.97. The molecule has 1 aliphatic rings. The molecule has 0 saturated heterocycles. The summed E-state index contributed by atoms with van der Waals surface area (Å²) in [5.41, 5.74) is 2.87. The molecular weight excluding hydrogens is 326 g/mol. The third-order valence-electron chi connectivity index (χ3n) is 3.15. The predicted molar refractivity (Wildman–Crippen MR) is 74.5 cm³/mol. The van der Waals surface area contributed by atoms with Crippen LogP contribution >= 0.6 is 15.9 Å². The van der Waals surface area contributed by atoms with E-state index in [0.717, 1.165) is 10.3 Å². The molecule has 0 aliphatic carbocycles. The lowest BCUT2D eigenvalue weighted by molar-refractivity contribution is 0.0708. The van der Waals surface area contributed by atoms with E-state index in [-0.39, 0.29) is 5.91 Å². The number of aromatic nitrogens is 4. The molecule has 1 aliphatic heterocycles. The average molecular weight is 338 g/mol. The van der Waals surface area contributed by atoms with Crippen molar-refractivity contribution in [3.63, 3.8) is 0 Å². The van der Waals surface area contributed by atoms with Crippen molar-refractivity contribution in [2.75, 3.05) is 12.0 Å². The molecule has 3 N–H and O–H groups in total. The second kappa shape index (κ2) is 5.17. The van der Waals surface area contributed by atoms with E-state index >= 15 is 0 Å². The van der Waals surface area contributed by atoms with Crippen LogP contribution in [0.2, 0.25) is 0 Å². The van der Waals surface area contributed by atoms with Crippen LogP contribution in [0.1, 0.15) is 16.2 Å². The van der Waals surface area contributed by atoms with Crippen LogP contribution in [0.15, 0.2) is 23.1 Å². The minimum absolute atomic E-state index is 0.138. The molecule has 0 saturated carbocycles. The lowest BCUT2D eigenvalue weighted by atomic mass is 10.2. The minimum Gasteiger partial charge on any atom is -0.329 e. The van der Waals surface area contributed by atoms with Crippen LogP contribution in [0.4, 0.5) is 5.82 Å². The topological polar surface area (TPSA) is 102 Å². The fourth-order valence-corrected chi connectivity index (χ4v) is 2.46. The largest absolute Gasteiger partial charge is 0.329 e. The molecule has 2 aromatic rings. The van der Waals surface area contributed by atoms with Gasteiger partial charge in [-0.2, -0.15) is 0 Å². The SMILES string of the molecule is NNc1ncc(Br)cc1C(=O)N1CCn2cnnc2C1. The lowest BCUT2D eigenvalue weighted by Gasteiger charge is -2.27. The summed E-state index contributed by atoms with van der Waals surface area (Å²) in [4.78, 5) is 18.4. The van der Waals surface area contributed by atoms with Gasteiger partial charge in [0.15, 0.2) is 11.6 Å². The lowest BCUT2D eigenvalue weighted by Crippen LogP contribution is -2.38. The van der Waals surface area contributed by atoms with Gasteiger partial charge in [-0.1, -0.05) is 0 Å². The Morgan fingerprint density at radius 3 is 3.10 bits per heavy atom. The van der Waals surface area contributed by atoms with Gasteiger partial charge in [0.05, 0.1) is 12.1 Å². The number of hydrazine groups is 1. The molecule has 104 valence electrons. The fraction of sp³-hybridized carbons (Fsp3) is 0.273. The number of nitrogen functional groups attached to an aromatic ring is 1. The van der Waals surface area contributed by atoms with Crippen molar-refractivity contribution in [3.8, 4) is 0 Å². The van der Waals surface area contributed by atoms with E-state index in [4.69, 9.17) is 5.84 Å². The number of carbonyl (C=O) groups excluding carboxylic acids is 1. The number of pyridine rings is 1. The van der Waals surface area contributed by atoms with E-state index < -0.39 is 0 Å².